The van der Waals surface area contributed by atoms with Crippen molar-refractivity contribution in [3.05, 3.63) is 59.3 Å². The summed E-state index contributed by atoms with van der Waals surface area (Å²) in [6.45, 7) is 0. The number of ether oxygens (including phenoxy) is 1. The van der Waals surface area contributed by atoms with Gasteiger partial charge in [0.25, 0.3) is 0 Å². The van der Waals surface area contributed by atoms with Crippen LogP contribution in [0.5, 0.6) is 5.75 Å². The summed E-state index contributed by atoms with van der Waals surface area (Å²) in [6.07, 6.45) is 0. The first-order valence-corrected chi connectivity index (χ1v) is 28.1. The van der Waals surface area contributed by atoms with E-state index in [0.717, 1.165) is 21.1 Å². The molecule has 12 heteroatoms. The van der Waals surface area contributed by atoms with Crippen LogP contribution in [0.4, 0.5) is 0 Å². The van der Waals surface area contributed by atoms with E-state index in [1.807, 2.05) is 59.3 Å². The second kappa shape index (κ2) is 10.1. The van der Waals surface area contributed by atoms with E-state index >= 15 is 0 Å². The van der Waals surface area contributed by atoms with E-state index in [9.17, 15) is 0 Å². The molecule has 0 aliphatic carbocycles. The molecular weight excluding hydrogens is 636 g/mol. The van der Waals surface area contributed by atoms with E-state index in [4.69, 9.17) is 53.8 Å². The van der Waals surface area contributed by atoms with Crippen LogP contribution in [-0.4, -0.2) is 28.4 Å². The molecule has 0 unspecified atom stereocenters. The Labute approximate surface area is 200 Å². The van der Waals surface area contributed by atoms with Gasteiger partial charge in [-0.2, -0.15) is 4.42 Å². The van der Waals surface area contributed by atoms with E-state index in [-0.39, 0.29) is 0 Å². The maximum atomic E-state index is 5.97. The molecule has 158 valence electrons. The van der Waals surface area contributed by atoms with E-state index in [1.165, 1.54) is 0 Å². The van der Waals surface area contributed by atoms with Crippen LogP contribution < -0.4 is 4.74 Å². The molecule has 0 atom stereocenters. The van der Waals surface area contributed by atoms with Crippen molar-refractivity contribution in [3.63, 3.8) is 0 Å². The SMILES string of the molecule is COc1ccc(-c2nc(-c3cccs3)nc(-c3cccs3)[o+]2)cc1.[Cl][Sn-]([Cl])([Cl])([Cl])[Cl]. The summed E-state index contributed by atoms with van der Waals surface area (Å²) in [6, 6.07) is 15.6. The van der Waals surface area contributed by atoms with Crippen LogP contribution in [-0.2, 0) is 0 Å². The third kappa shape index (κ3) is 7.98. The van der Waals surface area contributed by atoms with E-state index < -0.39 is 11.4 Å². The van der Waals surface area contributed by atoms with Gasteiger partial charge in [-0.1, -0.05) is 12.1 Å². The number of hydrogen-bond donors (Lipinski definition) is 0. The molecule has 0 aliphatic rings. The Balaban J connectivity index is 0.000000377. The number of benzene rings is 1. The Bertz CT molecular complexity index is 1030. The van der Waals surface area contributed by atoms with Gasteiger partial charge in [-0.15, -0.1) is 32.6 Å². The molecule has 0 N–H and O–H groups in total. The fourth-order valence-electron chi connectivity index (χ4n) is 2.23. The van der Waals surface area contributed by atoms with Gasteiger partial charge in [0, 0.05) is 0 Å². The number of aromatic nitrogens is 2. The van der Waals surface area contributed by atoms with Crippen molar-refractivity contribution in [2.45, 2.75) is 0 Å². The number of methoxy groups -OCH3 is 1. The summed E-state index contributed by atoms with van der Waals surface area (Å²) in [5.74, 6) is 2.59. The van der Waals surface area contributed by atoms with Crippen LogP contribution >= 0.6 is 67.3 Å². The van der Waals surface area contributed by atoms with Gasteiger partial charge in [-0.25, -0.2) is 0 Å². The Morgan fingerprint density at radius 3 is 1.83 bits per heavy atom. The Hall–Kier alpha value is -0.321. The monoisotopic (exact) mass is 648 g/mol. The van der Waals surface area contributed by atoms with Crippen LogP contribution in [0.25, 0.3) is 32.9 Å². The minimum absolute atomic E-state index is 0.541. The third-order valence-corrected chi connectivity index (χ3v) is 5.14. The summed E-state index contributed by atoms with van der Waals surface area (Å²) in [5.41, 5.74) is 0.883. The van der Waals surface area contributed by atoms with Crippen molar-refractivity contribution < 1.29 is 9.15 Å². The molecular formula is C18H13Cl5N2O2S2Sn. The molecule has 4 nitrogen and oxygen atoms in total. The van der Waals surface area contributed by atoms with E-state index in [0.29, 0.717) is 17.6 Å². The molecule has 3 heterocycles. The zero-order chi connectivity index (χ0) is 21.8. The molecule has 0 aliphatic heterocycles. The summed E-state index contributed by atoms with van der Waals surface area (Å²) in [5, 5.41) is 4.02. The summed E-state index contributed by atoms with van der Waals surface area (Å²) >= 11 is -1.20. The molecule has 1 aromatic carbocycles. The fraction of sp³-hybridized carbons (Fsp3) is 0.0556. The molecule has 0 fully saturated rings. The number of thiophene rings is 2. The third-order valence-electron chi connectivity index (χ3n) is 3.42. The van der Waals surface area contributed by atoms with Gasteiger partial charge in [0.2, 0.25) is 0 Å². The van der Waals surface area contributed by atoms with E-state index in [2.05, 4.69) is 9.97 Å². The second-order valence-corrected chi connectivity index (χ2v) is 50.0. The first kappa shape index (κ1) is 24.3. The Morgan fingerprint density at radius 2 is 1.33 bits per heavy atom. The fourth-order valence-corrected chi connectivity index (χ4v) is 3.54. The molecule has 3 aromatic heterocycles. The van der Waals surface area contributed by atoms with Crippen molar-refractivity contribution in [2.24, 2.45) is 0 Å². The van der Waals surface area contributed by atoms with Crippen LogP contribution in [0.3, 0.4) is 0 Å². The molecule has 0 amide bonds. The van der Waals surface area contributed by atoms with Crippen LogP contribution in [0, 0.1) is 0 Å². The Kier molecular flexibility index (Phi) is 8.18. The number of rotatable bonds is 4. The molecule has 0 saturated carbocycles. The van der Waals surface area contributed by atoms with Gasteiger partial charge in [-0.05, 0) is 47.2 Å². The molecule has 4 aromatic rings. The van der Waals surface area contributed by atoms with Crippen molar-refractivity contribution in [1.82, 2.24) is 9.97 Å². The van der Waals surface area contributed by atoms with Crippen molar-refractivity contribution in [3.8, 4) is 38.7 Å². The summed E-state index contributed by atoms with van der Waals surface area (Å²) < 4.78 is 11.2. The van der Waals surface area contributed by atoms with E-state index in [1.54, 1.807) is 29.8 Å². The minimum atomic E-state index is -4.40. The first-order valence-electron chi connectivity index (χ1n) is 8.22. The normalized spacial score (nSPS) is 12.4. The molecule has 0 bridgehead atoms. The topological polar surface area (TPSA) is 46.3 Å². The van der Waals surface area contributed by atoms with Gasteiger partial charge in [-0.3, -0.25) is 0 Å². The first-order chi connectivity index (χ1) is 14.1. The van der Waals surface area contributed by atoms with Gasteiger partial charge < -0.3 is 4.74 Å². The Morgan fingerprint density at radius 1 is 0.800 bits per heavy atom. The average molecular weight is 649 g/mol. The second-order valence-electron chi connectivity index (χ2n) is 5.66. The zero-order valence-electron chi connectivity index (χ0n) is 15.2. The van der Waals surface area contributed by atoms with Crippen molar-refractivity contribution >= 4 is 78.6 Å². The zero-order valence-corrected chi connectivity index (χ0v) is 23.5. The van der Waals surface area contributed by atoms with Crippen LogP contribution in [0.15, 0.2) is 63.7 Å². The summed E-state index contributed by atoms with van der Waals surface area (Å²) in [7, 11) is 26.9. The molecule has 4 rings (SSSR count). The predicted molar refractivity (Wildman–Crippen MR) is 132 cm³/mol. The number of nitrogens with zero attached hydrogens (tertiary/aromatic N) is 2. The molecule has 0 radical (unpaired) electrons. The quantitative estimate of drug-likeness (QED) is 0.164. The van der Waals surface area contributed by atoms with Gasteiger partial charge >= 0.3 is 67.7 Å². The molecule has 0 spiro atoms. The van der Waals surface area contributed by atoms with Crippen molar-refractivity contribution in [2.75, 3.05) is 7.11 Å². The van der Waals surface area contributed by atoms with Crippen LogP contribution in [0.2, 0.25) is 0 Å². The molecule has 30 heavy (non-hydrogen) atoms. The van der Waals surface area contributed by atoms with Crippen LogP contribution in [0.1, 0.15) is 0 Å². The van der Waals surface area contributed by atoms with Gasteiger partial charge in [0.1, 0.15) is 11.3 Å². The van der Waals surface area contributed by atoms with Gasteiger partial charge in [0.05, 0.1) is 12.0 Å². The number of halogens is 5. The maximum absolute atomic E-state index is 5.97. The number of hydrogen-bond acceptors (Lipinski definition) is 5. The molecule has 0 saturated heterocycles. The standard InChI is InChI=1S/C18H13N2O2S2.5ClH.Sn/c1-21-13-8-6-12(7-9-13)17-19-16(14-4-2-10-23-14)20-18(22-17)15-5-3-11-24-15;;;;;;/h2-11H,1H3;5*1H;/q+1;;;;;;+4/p-5. The van der Waals surface area contributed by atoms with Gasteiger partial charge in [0.15, 0.2) is 10.7 Å². The van der Waals surface area contributed by atoms with Crippen molar-refractivity contribution in [1.29, 1.82) is 0 Å². The summed E-state index contributed by atoms with van der Waals surface area (Å²) in [4.78, 5) is 11.2. The predicted octanol–water partition coefficient (Wildman–Crippen LogP) is 8.55. The average Bonchev–Trinajstić information content (AvgIpc) is 3.39.